The van der Waals surface area contributed by atoms with Gasteiger partial charge in [-0.15, -0.1) is 0 Å². The van der Waals surface area contributed by atoms with Crippen LogP contribution in [0.15, 0.2) is 94.7 Å². The van der Waals surface area contributed by atoms with Crippen LogP contribution >= 0.6 is 0 Å². The van der Waals surface area contributed by atoms with E-state index in [-0.39, 0.29) is 17.1 Å². The molecule has 1 aliphatic rings. The molecular weight excluding hydrogens is 442 g/mol. The molecule has 35 heavy (non-hydrogen) atoms. The van der Waals surface area contributed by atoms with Crippen LogP contribution in [0.3, 0.4) is 0 Å². The smallest absolute Gasteiger partial charge is 0.290 e. The average Bonchev–Trinajstić information content (AvgIpc) is 3.18. The summed E-state index contributed by atoms with van der Waals surface area (Å²) in [5.41, 5.74) is 2.49. The molecule has 1 unspecified atom stereocenters. The first-order valence-electron chi connectivity index (χ1n) is 11.4. The first-order valence-corrected chi connectivity index (χ1v) is 11.4. The molecule has 0 saturated carbocycles. The van der Waals surface area contributed by atoms with Crippen LogP contribution in [0.25, 0.3) is 11.0 Å². The summed E-state index contributed by atoms with van der Waals surface area (Å²) >= 11 is 0. The van der Waals surface area contributed by atoms with Gasteiger partial charge in [0.2, 0.25) is 5.76 Å². The van der Waals surface area contributed by atoms with Crippen molar-refractivity contribution in [1.82, 2.24) is 4.90 Å². The number of amides is 1. The molecule has 6 heteroatoms. The Morgan fingerprint density at radius 2 is 1.69 bits per heavy atom. The lowest BCUT2D eigenvalue weighted by atomic mass is 9.98. The minimum absolute atomic E-state index is 0.111. The maximum Gasteiger partial charge on any atom is 0.290 e. The number of hydrogen-bond acceptors (Lipinski definition) is 5. The molecule has 0 spiro atoms. The van der Waals surface area contributed by atoms with Crippen LogP contribution in [-0.4, -0.2) is 31.1 Å². The molecule has 4 aromatic rings. The molecule has 176 valence electrons. The number of para-hydroxylation sites is 1. The van der Waals surface area contributed by atoms with Crippen molar-refractivity contribution in [3.63, 3.8) is 0 Å². The van der Waals surface area contributed by atoms with Gasteiger partial charge >= 0.3 is 0 Å². The Balaban J connectivity index is 1.55. The van der Waals surface area contributed by atoms with Crippen LogP contribution in [0.5, 0.6) is 11.5 Å². The zero-order chi connectivity index (χ0) is 24.4. The zero-order valence-electron chi connectivity index (χ0n) is 19.4. The Morgan fingerprint density at radius 1 is 0.971 bits per heavy atom. The molecule has 2 heterocycles. The molecule has 0 bridgehead atoms. The Hall–Kier alpha value is -4.32. The van der Waals surface area contributed by atoms with Gasteiger partial charge in [-0.25, -0.2) is 0 Å². The summed E-state index contributed by atoms with van der Waals surface area (Å²) in [6.45, 7) is 4.49. The van der Waals surface area contributed by atoms with Gasteiger partial charge in [-0.2, -0.15) is 0 Å². The van der Waals surface area contributed by atoms with E-state index in [4.69, 9.17) is 13.9 Å². The standard InChI is InChI=1S/C29H25NO5/c1-3-18-34-22-14-10-20(11-15-22)26-25-27(31)23-6-4-5-7-24(23)35-28(25)29(32)30(26)17-16-19-8-12-21(33-2)13-9-19/h3-15,26H,1,16-18H2,2H3. The van der Waals surface area contributed by atoms with Crippen molar-refractivity contribution in [2.75, 3.05) is 20.3 Å². The zero-order valence-corrected chi connectivity index (χ0v) is 19.4. The first kappa shape index (κ1) is 22.5. The van der Waals surface area contributed by atoms with E-state index < -0.39 is 6.04 Å². The van der Waals surface area contributed by atoms with Gasteiger partial charge in [0, 0.05) is 6.54 Å². The van der Waals surface area contributed by atoms with E-state index in [9.17, 15) is 9.59 Å². The molecule has 1 atom stereocenters. The largest absolute Gasteiger partial charge is 0.497 e. The van der Waals surface area contributed by atoms with Crippen molar-refractivity contribution in [2.24, 2.45) is 0 Å². The lowest BCUT2D eigenvalue weighted by Gasteiger charge is -2.25. The fraction of sp³-hybridized carbons (Fsp3) is 0.172. The molecular formula is C29H25NO5. The minimum Gasteiger partial charge on any atom is -0.497 e. The van der Waals surface area contributed by atoms with Crippen LogP contribution in [0.2, 0.25) is 0 Å². The van der Waals surface area contributed by atoms with Crippen LogP contribution < -0.4 is 14.9 Å². The highest BCUT2D eigenvalue weighted by atomic mass is 16.5. The summed E-state index contributed by atoms with van der Waals surface area (Å²) in [5.74, 6) is 1.29. The van der Waals surface area contributed by atoms with Crippen LogP contribution in [0.4, 0.5) is 0 Å². The van der Waals surface area contributed by atoms with Crippen molar-refractivity contribution < 1.29 is 18.7 Å². The summed E-state index contributed by atoms with van der Waals surface area (Å²) < 4.78 is 16.8. The number of carbonyl (C=O) groups is 1. The van der Waals surface area contributed by atoms with Gasteiger partial charge in [-0.3, -0.25) is 9.59 Å². The van der Waals surface area contributed by atoms with E-state index in [1.165, 1.54) is 0 Å². The molecule has 6 nitrogen and oxygen atoms in total. The molecule has 3 aromatic carbocycles. The number of hydrogen-bond donors (Lipinski definition) is 0. The number of rotatable bonds is 8. The second kappa shape index (κ2) is 9.50. The van der Waals surface area contributed by atoms with Crippen LogP contribution in [0, 0.1) is 0 Å². The molecule has 1 amide bonds. The lowest BCUT2D eigenvalue weighted by molar-refractivity contribution is 0.0730. The second-order valence-corrected chi connectivity index (χ2v) is 8.34. The quantitative estimate of drug-likeness (QED) is 0.335. The number of methoxy groups -OCH3 is 1. The molecule has 0 radical (unpaired) electrons. The van der Waals surface area contributed by atoms with Gasteiger partial charge in [-0.05, 0) is 53.9 Å². The SMILES string of the molecule is C=CCOc1ccc(C2c3c(oc4ccccc4c3=O)C(=O)N2CCc2ccc(OC)cc2)cc1. The van der Waals surface area contributed by atoms with Crippen molar-refractivity contribution in [3.8, 4) is 11.5 Å². The predicted octanol–water partition coefficient (Wildman–Crippen LogP) is 5.15. The summed E-state index contributed by atoms with van der Waals surface area (Å²) in [7, 11) is 1.63. The molecule has 0 fully saturated rings. The highest BCUT2D eigenvalue weighted by Crippen LogP contribution is 2.38. The van der Waals surface area contributed by atoms with Crippen molar-refractivity contribution in [2.45, 2.75) is 12.5 Å². The van der Waals surface area contributed by atoms with Gasteiger partial charge in [0.05, 0.1) is 24.1 Å². The maximum absolute atomic E-state index is 13.6. The van der Waals surface area contributed by atoms with Gasteiger partial charge in [0.1, 0.15) is 23.7 Å². The molecule has 1 aliphatic heterocycles. The summed E-state index contributed by atoms with van der Waals surface area (Å²) in [6, 6.07) is 21.7. The highest BCUT2D eigenvalue weighted by Gasteiger charge is 2.42. The number of ether oxygens (including phenoxy) is 2. The molecule has 0 aliphatic carbocycles. The lowest BCUT2D eigenvalue weighted by Crippen LogP contribution is -2.31. The third-order valence-corrected chi connectivity index (χ3v) is 6.24. The predicted molar refractivity (Wildman–Crippen MR) is 134 cm³/mol. The fourth-order valence-electron chi connectivity index (χ4n) is 4.49. The second-order valence-electron chi connectivity index (χ2n) is 8.34. The minimum atomic E-state index is -0.551. The van der Waals surface area contributed by atoms with Gasteiger partial charge < -0.3 is 18.8 Å². The van der Waals surface area contributed by atoms with Crippen molar-refractivity contribution >= 4 is 16.9 Å². The van der Waals surface area contributed by atoms with E-state index in [2.05, 4.69) is 6.58 Å². The Morgan fingerprint density at radius 3 is 2.40 bits per heavy atom. The number of benzene rings is 3. The fourth-order valence-corrected chi connectivity index (χ4v) is 4.49. The summed E-state index contributed by atoms with van der Waals surface area (Å²) in [6.07, 6.45) is 2.30. The summed E-state index contributed by atoms with van der Waals surface area (Å²) in [5, 5.41) is 0.465. The van der Waals surface area contributed by atoms with Crippen molar-refractivity contribution in [3.05, 3.63) is 118 Å². The highest BCUT2D eigenvalue weighted by molar-refractivity contribution is 5.99. The molecule has 0 saturated heterocycles. The number of fused-ring (bicyclic) bond motifs is 2. The molecule has 0 N–H and O–H groups in total. The topological polar surface area (TPSA) is 69.0 Å². The van der Waals surface area contributed by atoms with Crippen LogP contribution in [-0.2, 0) is 6.42 Å². The van der Waals surface area contributed by atoms with E-state index in [0.717, 1.165) is 16.9 Å². The Bertz CT molecular complexity index is 1440. The van der Waals surface area contributed by atoms with E-state index in [0.29, 0.717) is 41.9 Å². The third kappa shape index (κ3) is 4.19. The van der Waals surface area contributed by atoms with Gasteiger partial charge in [-0.1, -0.05) is 49.1 Å². The molecule has 5 rings (SSSR count). The Kier molecular flexibility index (Phi) is 6.10. The van der Waals surface area contributed by atoms with Gasteiger partial charge in [0.25, 0.3) is 5.91 Å². The number of nitrogens with zero attached hydrogens (tertiary/aromatic N) is 1. The monoisotopic (exact) mass is 467 g/mol. The first-order chi connectivity index (χ1) is 17.1. The third-order valence-electron chi connectivity index (χ3n) is 6.24. The maximum atomic E-state index is 13.6. The summed E-state index contributed by atoms with van der Waals surface area (Å²) in [4.78, 5) is 28.8. The number of carbonyl (C=O) groups excluding carboxylic acids is 1. The van der Waals surface area contributed by atoms with E-state index in [1.807, 2.05) is 48.5 Å². The van der Waals surface area contributed by atoms with Crippen molar-refractivity contribution in [1.29, 1.82) is 0 Å². The average molecular weight is 468 g/mol. The Labute approximate surface area is 203 Å². The molecule has 1 aromatic heterocycles. The van der Waals surface area contributed by atoms with E-state index >= 15 is 0 Å². The van der Waals surface area contributed by atoms with E-state index in [1.54, 1.807) is 42.4 Å². The van der Waals surface area contributed by atoms with Gasteiger partial charge in [0.15, 0.2) is 5.43 Å². The van der Waals surface area contributed by atoms with Crippen LogP contribution in [0.1, 0.15) is 33.3 Å². The normalized spacial score (nSPS) is 14.7.